The summed E-state index contributed by atoms with van der Waals surface area (Å²) < 4.78 is 4.81. The van der Waals surface area contributed by atoms with Gasteiger partial charge in [0.15, 0.2) is 0 Å². The number of nitrogens with one attached hydrogen (secondary N) is 1. The van der Waals surface area contributed by atoms with E-state index in [1.165, 1.54) is 7.11 Å². The summed E-state index contributed by atoms with van der Waals surface area (Å²) in [7, 11) is 1.54. The molecule has 20 heavy (non-hydrogen) atoms. The fourth-order valence-corrected chi connectivity index (χ4v) is 2.00. The highest BCUT2D eigenvalue weighted by molar-refractivity contribution is 6.31. The fraction of sp³-hybridized carbons (Fsp3) is 0.533. The maximum absolute atomic E-state index is 11.7. The monoisotopic (exact) mass is 299 g/mol. The third-order valence-corrected chi connectivity index (χ3v) is 3.44. The minimum atomic E-state index is -0.531. The van der Waals surface area contributed by atoms with Crippen LogP contribution in [0.15, 0.2) is 18.2 Å². The highest BCUT2D eigenvalue weighted by Gasteiger charge is 2.06. The SMILES string of the molecule is COCC(O)CCNC(=O)CCc1ccc(C)c(Cl)c1. The van der Waals surface area contributed by atoms with E-state index in [0.29, 0.717) is 25.8 Å². The fourth-order valence-electron chi connectivity index (χ4n) is 1.79. The van der Waals surface area contributed by atoms with Gasteiger partial charge < -0.3 is 15.2 Å². The van der Waals surface area contributed by atoms with Crippen molar-refractivity contribution in [2.24, 2.45) is 0 Å². The lowest BCUT2D eigenvalue weighted by Gasteiger charge is -2.10. The first kappa shape index (κ1) is 17.0. The largest absolute Gasteiger partial charge is 0.391 e. The van der Waals surface area contributed by atoms with Gasteiger partial charge in [-0.05, 0) is 37.0 Å². The molecule has 1 rings (SSSR count). The van der Waals surface area contributed by atoms with E-state index in [0.717, 1.165) is 16.1 Å². The molecule has 0 aromatic heterocycles. The Bertz CT molecular complexity index is 437. The van der Waals surface area contributed by atoms with Gasteiger partial charge in [0, 0.05) is 25.1 Å². The van der Waals surface area contributed by atoms with E-state index < -0.39 is 6.10 Å². The first-order chi connectivity index (χ1) is 9.52. The Morgan fingerprint density at radius 3 is 2.90 bits per heavy atom. The molecule has 0 fully saturated rings. The summed E-state index contributed by atoms with van der Waals surface area (Å²) in [5, 5.41) is 12.9. The van der Waals surface area contributed by atoms with Crippen molar-refractivity contribution >= 4 is 17.5 Å². The molecule has 5 heteroatoms. The number of rotatable bonds is 8. The number of methoxy groups -OCH3 is 1. The Labute approximate surface area is 125 Å². The summed E-state index contributed by atoms with van der Waals surface area (Å²) in [6, 6.07) is 5.83. The summed E-state index contributed by atoms with van der Waals surface area (Å²) in [5.74, 6) is -0.0219. The molecule has 0 aliphatic carbocycles. The topological polar surface area (TPSA) is 58.6 Å². The van der Waals surface area contributed by atoms with E-state index in [9.17, 15) is 9.90 Å². The van der Waals surface area contributed by atoms with E-state index in [-0.39, 0.29) is 12.5 Å². The molecule has 4 nitrogen and oxygen atoms in total. The number of halogens is 1. The van der Waals surface area contributed by atoms with Crippen LogP contribution >= 0.6 is 11.6 Å². The van der Waals surface area contributed by atoms with Crippen LogP contribution in [0.1, 0.15) is 24.0 Å². The summed E-state index contributed by atoms with van der Waals surface area (Å²) in [5.41, 5.74) is 2.09. The molecular weight excluding hydrogens is 278 g/mol. The van der Waals surface area contributed by atoms with Crippen LogP contribution in [0.25, 0.3) is 0 Å². The second-order valence-electron chi connectivity index (χ2n) is 4.83. The van der Waals surface area contributed by atoms with Crippen molar-refractivity contribution in [2.75, 3.05) is 20.3 Å². The predicted molar refractivity (Wildman–Crippen MR) is 80.0 cm³/mol. The smallest absolute Gasteiger partial charge is 0.220 e. The van der Waals surface area contributed by atoms with Gasteiger partial charge in [0.1, 0.15) is 0 Å². The molecular formula is C15H22ClNO3. The van der Waals surface area contributed by atoms with Crippen LogP contribution < -0.4 is 5.32 Å². The predicted octanol–water partition coefficient (Wildman–Crippen LogP) is 2.09. The van der Waals surface area contributed by atoms with Crippen LogP contribution in [-0.2, 0) is 16.0 Å². The van der Waals surface area contributed by atoms with Gasteiger partial charge >= 0.3 is 0 Å². The number of carbonyl (C=O) groups excluding carboxylic acids is 1. The van der Waals surface area contributed by atoms with E-state index in [1.54, 1.807) is 0 Å². The van der Waals surface area contributed by atoms with Gasteiger partial charge in [0.2, 0.25) is 5.91 Å². The van der Waals surface area contributed by atoms with Crippen LogP contribution in [0.2, 0.25) is 5.02 Å². The van der Waals surface area contributed by atoms with E-state index in [2.05, 4.69) is 5.32 Å². The quantitative estimate of drug-likeness (QED) is 0.773. The zero-order valence-electron chi connectivity index (χ0n) is 12.0. The number of benzene rings is 1. The average Bonchev–Trinajstić information content (AvgIpc) is 2.40. The summed E-state index contributed by atoms with van der Waals surface area (Å²) in [4.78, 5) is 11.7. The van der Waals surface area contributed by atoms with Crippen molar-refractivity contribution in [3.8, 4) is 0 Å². The summed E-state index contributed by atoms with van der Waals surface area (Å²) in [6.45, 7) is 2.69. The van der Waals surface area contributed by atoms with Crippen LogP contribution in [-0.4, -0.2) is 37.4 Å². The van der Waals surface area contributed by atoms with Gasteiger partial charge in [-0.3, -0.25) is 4.79 Å². The zero-order valence-corrected chi connectivity index (χ0v) is 12.7. The average molecular weight is 300 g/mol. The molecule has 0 aliphatic rings. The number of carbonyl (C=O) groups is 1. The number of ether oxygens (including phenoxy) is 1. The lowest BCUT2D eigenvalue weighted by atomic mass is 10.1. The van der Waals surface area contributed by atoms with Crippen molar-refractivity contribution in [3.05, 3.63) is 34.3 Å². The van der Waals surface area contributed by atoms with Gasteiger partial charge in [-0.15, -0.1) is 0 Å². The molecule has 1 amide bonds. The molecule has 1 aromatic rings. The highest BCUT2D eigenvalue weighted by Crippen LogP contribution is 2.17. The number of aliphatic hydroxyl groups excluding tert-OH is 1. The Kier molecular flexibility index (Phi) is 7.59. The van der Waals surface area contributed by atoms with Gasteiger partial charge in [-0.2, -0.15) is 0 Å². The Morgan fingerprint density at radius 2 is 2.25 bits per heavy atom. The van der Waals surface area contributed by atoms with Crippen molar-refractivity contribution < 1.29 is 14.6 Å². The molecule has 1 aromatic carbocycles. The molecule has 1 unspecified atom stereocenters. The molecule has 2 N–H and O–H groups in total. The Hall–Kier alpha value is -1.10. The maximum atomic E-state index is 11.7. The van der Waals surface area contributed by atoms with Crippen molar-refractivity contribution in [1.29, 1.82) is 0 Å². The van der Waals surface area contributed by atoms with E-state index in [1.807, 2.05) is 25.1 Å². The molecule has 0 saturated carbocycles. The maximum Gasteiger partial charge on any atom is 0.220 e. The van der Waals surface area contributed by atoms with Crippen molar-refractivity contribution in [2.45, 2.75) is 32.3 Å². The number of hydrogen-bond acceptors (Lipinski definition) is 3. The molecule has 1 atom stereocenters. The van der Waals surface area contributed by atoms with Gasteiger partial charge in [-0.25, -0.2) is 0 Å². The van der Waals surface area contributed by atoms with Crippen LogP contribution in [0, 0.1) is 6.92 Å². The van der Waals surface area contributed by atoms with Gasteiger partial charge in [-0.1, -0.05) is 23.7 Å². The summed E-state index contributed by atoms with van der Waals surface area (Å²) >= 11 is 6.04. The minimum absolute atomic E-state index is 0.0219. The third kappa shape index (κ3) is 6.37. The number of amides is 1. The Balaban J connectivity index is 2.24. The molecule has 0 saturated heterocycles. The zero-order chi connectivity index (χ0) is 15.0. The van der Waals surface area contributed by atoms with Crippen molar-refractivity contribution in [3.63, 3.8) is 0 Å². The molecule has 0 aliphatic heterocycles. The minimum Gasteiger partial charge on any atom is -0.391 e. The molecule has 0 bridgehead atoms. The molecule has 0 heterocycles. The highest BCUT2D eigenvalue weighted by atomic mass is 35.5. The normalized spacial score (nSPS) is 12.2. The lowest BCUT2D eigenvalue weighted by Crippen LogP contribution is -2.28. The standard InChI is InChI=1S/C15H22ClNO3/c1-11-3-4-12(9-14(11)16)5-6-15(19)17-8-7-13(18)10-20-2/h3-4,9,13,18H,5-8,10H2,1-2H3,(H,17,19). The first-order valence-corrected chi connectivity index (χ1v) is 7.09. The lowest BCUT2D eigenvalue weighted by molar-refractivity contribution is -0.121. The van der Waals surface area contributed by atoms with Crippen LogP contribution in [0.5, 0.6) is 0 Å². The number of aryl methyl sites for hydroxylation is 2. The molecule has 0 spiro atoms. The van der Waals surface area contributed by atoms with Gasteiger partial charge in [0.05, 0.1) is 12.7 Å². The molecule has 0 radical (unpaired) electrons. The third-order valence-electron chi connectivity index (χ3n) is 3.04. The van der Waals surface area contributed by atoms with Crippen molar-refractivity contribution in [1.82, 2.24) is 5.32 Å². The Morgan fingerprint density at radius 1 is 1.50 bits per heavy atom. The summed E-state index contributed by atoms with van der Waals surface area (Å²) in [6.07, 6.45) is 1.04. The first-order valence-electron chi connectivity index (χ1n) is 6.71. The van der Waals surface area contributed by atoms with Crippen LogP contribution in [0.4, 0.5) is 0 Å². The van der Waals surface area contributed by atoms with E-state index >= 15 is 0 Å². The van der Waals surface area contributed by atoms with E-state index in [4.69, 9.17) is 16.3 Å². The second-order valence-corrected chi connectivity index (χ2v) is 5.24. The van der Waals surface area contributed by atoms with Crippen LogP contribution in [0.3, 0.4) is 0 Å². The number of hydrogen-bond donors (Lipinski definition) is 2. The van der Waals surface area contributed by atoms with Gasteiger partial charge in [0.25, 0.3) is 0 Å². The second kappa shape index (κ2) is 8.95. The molecule has 112 valence electrons. The number of aliphatic hydroxyl groups is 1.